The first kappa shape index (κ1) is 20.6. The predicted octanol–water partition coefficient (Wildman–Crippen LogP) is 5.35. The van der Waals surface area contributed by atoms with Gasteiger partial charge in [-0.2, -0.15) is 0 Å². The zero-order valence-electron chi connectivity index (χ0n) is 17.2. The van der Waals surface area contributed by atoms with Crippen LogP contribution in [0.4, 0.5) is 0 Å². The average molecular weight is 368 g/mol. The van der Waals surface area contributed by atoms with Crippen LogP contribution in [0.15, 0.2) is 30.3 Å². The van der Waals surface area contributed by atoms with Crippen LogP contribution < -0.4 is 14.2 Å². The van der Waals surface area contributed by atoms with Gasteiger partial charge in [-0.25, -0.2) is 0 Å². The van der Waals surface area contributed by atoms with E-state index in [-0.39, 0.29) is 5.78 Å². The third kappa shape index (κ3) is 4.16. The molecule has 0 saturated carbocycles. The van der Waals surface area contributed by atoms with E-state index in [4.69, 9.17) is 14.2 Å². The summed E-state index contributed by atoms with van der Waals surface area (Å²) in [6, 6.07) is 8.19. The van der Waals surface area contributed by atoms with Crippen molar-refractivity contribution in [1.82, 2.24) is 0 Å². The highest BCUT2D eigenvalue weighted by Crippen LogP contribution is 2.43. The van der Waals surface area contributed by atoms with Crippen molar-refractivity contribution in [3.63, 3.8) is 0 Å². The quantitative estimate of drug-likeness (QED) is 0.488. The molecule has 2 rings (SSSR count). The minimum Gasteiger partial charge on any atom is -0.496 e. The van der Waals surface area contributed by atoms with Crippen molar-refractivity contribution in [2.75, 3.05) is 21.3 Å². The summed E-state index contributed by atoms with van der Waals surface area (Å²) in [7, 11) is 4.68. The fourth-order valence-electron chi connectivity index (χ4n) is 3.25. The van der Waals surface area contributed by atoms with Crippen LogP contribution in [0.1, 0.15) is 52.4 Å². The van der Waals surface area contributed by atoms with Crippen molar-refractivity contribution >= 4 is 11.9 Å². The predicted molar refractivity (Wildman–Crippen MR) is 109 cm³/mol. The van der Waals surface area contributed by atoms with Gasteiger partial charge in [-0.3, -0.25) is 4.79 Å². The Morgan fingerprint density at radius 2 is 1.33 bits per heavy atom. The van der Waals surface area contributed by atoms with E-state index in [2.05, 4.69) is 26.0 Å². The van der Waals surface area contributed by atoms with Crippen molar-refractivity contribution < 1.29 is 19.0 Å². The minimum atomic E-state index is -0.175. The van der Waals surface area contributed by atoms with Crippen LogP contribution in [-0.4, -0.2) is 27.1 Å². The largest absolute Gasteiger partial charge is 0.496 e. The summed E-state index contributed by atoms with van der Waals surface area (Å²) in [4.78, 5) is 13.0. The third-order valence-electron chi connectivity index (χ3n) is 4.71. The SMILES string of the molecule is COc1c(C)c(OC)c(C(=O)/C=C/c2ccc(C(C)C)cc2)c(OC)c1C. The highest BCUT2D eigenvalue weighted by atomic mass is 16.5. The molecule has 2 aromatic carbocycles. The Balaban J connectivity index is 2.46. The molecule has 0 N–H and O–H groups in total. The van der Waals surface area contributed by atoms with E-state index in [0.29, 0.717) is 28.7 Å². The lowest BCUT2D eigenvalue weighted by Crippen LogP contribution is -2.08. The lowest BCUT2D eigenvalue weighted by molar-refractivity contribution is 0.104. The molecule has 0 aliphatic heterocycles. The molecule has 0 amide bonds. The number of hydrogen-bond acceptors (Lipinski definition) is 4. The molecular formula is C23H28O4. The summed E-state index contributed by atoms with van der Waals surface area (Å²) in [5.74, 6) is 1.90. The lowest BCUT2D eigenvalue weighted by Gasteiger charge is -2.19. The van der Waals surface area contributed by atoms with Gasteiger partial charge in [-0.15, -0.1) is 0 Å². The van der Waals surface area contributed by atoms with Crippen LogP contribution >= 0.6 is 0 Å². The van der Waals surface area contributed by atoms with E-state index in [1.54, 1.807) is 33.5 Å². The monoisotopic (exact) mass is 368 g/mol. The second-order valence-corrected chi connectivity index (χ2v) is 6.74. The van der Waals surface area contributed by atoms with Crippen LogP contribution in [0.3, 0.4) is 0 Å². The number of methoxy groups -OCH3 is 3. The molecule has 0 heterocycles. The lowest BCUT2D eigenvalue weighted by atomic mass is 9.98. The zero-order chi connectivity index (χ0) is 20.1. The minimum absolute atomic E-state index is 0.175. The van der Waals surface area contributed by atoms with Gasteiger partial charge in [0.1, 0.15) is 22.8 Å². The van der Waals surface area contributed by atoms with Crippen molar-refractivity contribution in [1.29, 1.82) is 0 Å². The maximum Gasteiger partial charge on any atom is 0.193 e. The van der Waals surface area contributed by atoms with Crippen molar-refractivity contribution in [3.05, 3.63) is 58.2 Å². The standard InChI is InChI=1S/C23H28O4/c1-14(2)18-11-8-17(9-12-18)10-13-19(24)20-22(26-6)15(3)21(25-5)16(4)23(20)27-7/h8-14H,1-7H3/b13-10+. The Morgan fingerprint density at radius 3 is 1.74 bits per heavy atom. The van der Waals surface area contributed by atoms with Crippen LogP contribution in [0.5, 0.6) is 17.2 Å². The normalized spacial score (nSPS) is 11.1. The second-order valence-electron chi connectivity index (χ2n) is 6.74. The molecule has 4 nitrogen and oxygen atoms in total. The molecule has 4 heteroatoms. The summed E-state index contributed by atoms with van der Waals surface area (Å²) < 4.78 is 16.5. The Hall–Kier alpha value is -2.75. The zero-order valence-corrected chi connectivity index (χ0v) is 17.2. The van der Waals surface area contributed by atoms with E-state index in [1.807, 2.05) is 26.0 Å². The summed E-state index contributed by atoms with van der Waals surface area (Å²) in [5.41, 5.74) is 4.19. The van der Waals surface area contributed by atoms with Gasteiger partial charge in [0.2, 0.25) is 0 Å². The molecule has 0 fully saturated rings. The fraction of sp³-hybridized carbons (Fsp3) is 0.348. The molecule has 0 unspecified atom stereocenters. The van der Waals surface area contributed by atoms with E-state index in [0.717, 1.165) is 16.7 Å². The van der Waals surface area contributed by atoms with Crippen LogP contribution in [0, 0.1) is 13.8 Å². The number of ketones is 1. The molecule has 0 aliphatic carbocycles. The highest BCUT2D eigenvalue weighted by molar-refractivity contribution is 6.11. The van der Waals surface area contributed by atoms with Crippen LogP contribution in [0.2, 0.25) is 0 Å². The molecular weight excluding hydrogens is 340 g/mol. The molecule has 0 aliphatic rings. The number of allylic oxidation sites excluding steroid dienone is 1. The number of ether oxygens (including phenoxy) is 3. The third-order valence-corrected chi connectivity index (χ3v) is 4.71. The van der Waals surface area contributed by atoms with Gasteiger partial charge in [-0.1, -0.05) is 44.2 Å². The first-order chi connectivity index (χ1) is 12.8. The van der Waals surface area contributed by atoms with Crippen LogP contribution in [0.25, 0.3) is 6.08 Å². The number of benzene rings is 2. The summed E-state index contributed by atoms with van der Waals surface area (Å²) in [6.45, 7) is 8.05. The van der Waals surface area contributed by atoms with Gasteiger partial charge in [-0.05, 0) is 37.0 Å². The Morgan fingerprint density at radius 1 is 0.852 bits per heavy atom. The summed E-state index contributed by atoms with van der Waals surface area (Å²) >= 11 is 0. The maximum absolute atomic E-state index is 13.0. The summed E-state index contributed by atoms with van der Waals surface area (Å²) in [6.07, 6.45) is 3.36. The van der Waals surface area contributed by atoms with E-state index >= 15 is 0 Å². The van der Waals surface area contributed by atoms with E-state index in [9.17, 15) is 4.79 Å². The smallest absolute Gasteiger partial charge is 0.193 e. The first-order valence-corrected chi connectivity index (χ1v) is 8.97. The number of carbonyl (C=O) groups excluding carboxylic acids is 1. The van der Waals surface area contributed by atoms with Crippen molar-refractivity contribution in [2.24, 2.45) is 0 Å². The summed E-state index contributed by atoms with van der Waals surface area (Å²) in [5, 5.41) is 0. The Labute approximate surface area is 161 Å². The molecule has 0 aromatic heterocycles. The van der Waals surface area contributed by atoms with Gasteiger partial charge in [0.15, 0.2) is 5.78 Å². The molecule has 0 spiro atoms. The maximum atomic E-state index is 13.0. The topological polar surface area (TPSA) is 44.8 Å². The Bertz CT molecular complexity index is 815. The molecule has 0 atom stereocenters. The number of rotatable bonds is 7. The van der Waals surface area contributed by atoms with Crippen molar-refractivity contribution in [3.8, 4) is 17.2 Å². The Kier molecular flexibility index (Phi) is 6.67. The molecule has 0 bridgehead atoms. The highest BCUT2D eigenvalue weighted by Gasteiger charge is 2.25. The molecule has 27 heavy (non-hydrogen) atoms. The van der Waals surface area contributed by atoms with Gasteiger partial charge in [0.25, 0.3) is 0 Å². The second kappa shape index (κ2) is 8.76. The molecule has 0 radical (unpaired) electrons. The molecule has 0 saturated heterocycles. The molecule has 144 valence electrons. The van der Waals surface area contributed by atoms with Gasteiger partial charge < -0.3 is 14.2 Å². The van der Waals surface area contributed by atoms with Gasteiger partial charge in [0, 0.05) is 11.1 Å². The fourth-order valence-corrected chi connectivity index (χ4v) is 3.25. The van der Waals surface area contributed by atoms with Crippen molar-refractivity contribution in [2.45, 2.75) is 33.6 Å². The molecule has 2 aromatic rings. The first-order valence-electron chi connectivity index (χ1n) is 8.97. The average Bonchev–Trinajstić information content (AvgIpc) is 2.66. The van der Waals surface area contributed by atoms with E-state index < -0.39 is 0 Å². The van der Waals surface area contributed by atoms with Gasteiger partial charge >= 0.3 is 0 Å². The van der Waals surface area contributed by atoms with Gasteiger partial charge in [0.05, 0.1) is 21.3 Å². The van der Waals surface area contributed by atoms with Crippen LogP contribution in [-0.2, 0) is 0 Å². The number of hydrogen-bond donors (Lipinski definition) is 0. The number of carbonyl (C=O) groups is 1. The van der Waals surface area contributed by atoms with E-state index in [1.165, 1.54) is 5.56 Å².